The molecule has 1 saturated carbocycles. The fourth-order valence-electron chi connectivity index (χ4n) is 2.16. The largest absolute Gasteiger partial charge is 0.488 e. The first-order valence-corrected chi connectivity index (χ1v) is 5.92. The number of benzene rings is 1. The number of rotatable bonds is 2. The summed E-state index contributed by atoms with van der Waals surface area (Å²) in [6, 6.07) is 5.70. The van der Waals surface area contributed by atoms with Crippen LogP contribution in [-0.4, -0.2) is 10.7 Å². The van der Waals surface area contributed by atoms with Gasteiger partial charge < -0.3 is 9.30 Å². The molecule has 0 saturated heterocycles. The van der Waals surface area contributed by atoms with E-state index in [1.54, 1.807) is 0 Å². The Morgan fingerprint density at radius 1 is 1.35 bits per heavy atom. The summed E-state index contributed by atoms with van der Waals surface area (Å²) >= 11 is 0. The van der Waals surface area contributed by atoms with Gasteiger partial charge in [0.05, 0.1) is 11.6 Å². The van der Waals surface area contributed by atoms with E-state index in [1.165, 1.54) is 0 Å². The summed E-state index contributed by atoms with van der Waals surface area (Å²) in [5, 5.41) is 0.741. The fourth-order valence-corrected chi connectivity index (χ4v) is 2.16. The highest BCUT2D eigenvalue weighted by Gasteiger charge is 2.24. The van der Waals surface area contributed by atoms with Crippen LogP contribution in [0.5, 0.6) is 5.75 Å². The zero-order chi connectivity index (χ0) is 12.0. The van der Waals surface area contributed by atoms with Crippen molar-refractivity contribution >= 4 is 10.9 Å². The average molecular weight is 229 g/mol. The summed E-state index contributed by atoms with van der Waals surface area (Å²) in [4.78, 5) is 12.1. The Balaban J connectivity index is 2.29. The standard InChI is InChI=1S/C14H15NO2/c1-9-8-15(2)13-11(14(9)16)4-3-5-12(13)17-10-6-7-10/h3-5,8,10H,6-7H2,1-2H3. The smallest absolute Gasteiger partial charge is 0.192 e. The molecule has 17 heavy (non-hydrogen) atoms. The normalized spacial score (nSPS) is 15.2. The van der Waals surface area contributed by atoms with Gasteiger partial charge in [-0.1, -0.05) is 6.07 Å². The van der Waals surface area contributed by atoms with Crippen LogP contribution in [0.4, 0.5) is 0 Å². The highest BCUT2D eigenvalue weighted by molar-refractivity contribution is 5.85. The van der Waals surface area contributed by atoms with Crippen LogP contribution in [0.1, 0.15) is 18.4 Å². The molecule has 0 bridgehead atoms. The molecule has 3 nitrogen and oxygen atoms in total. The van der Waals surface area contributed by atoms with Crippen LogP contribution >= 0.6 is 0 Å². The van der Waals surface area contributed by atoms with E-state index in [1.807, 2.05) is 42.9 Å². The number of para-hydroxylation sites is 1. The first kappa shape index (κ1) is 10.4. The van der Waals surface area contributed by atoms with Crippen molar-refractivity contribution in [1.29, 1.82) is 0 Å². The number of hydrogen-bond donors (Lipinski definition) is 0. The van der Waals surface area contributed by atoms with Crippen LogP contribution < -0.4 is 10.2 Å². The lowest BCUT2D eigenvalue weighted by Crippen LogP contribution is -2.11. The highest BCUT2D eigenvalue weighted by Crippen LogP contribution is 2.31. The molecule has 2 aromatic rings. The molecule has 0 unspecified atom stereocenters. The van der Waals surface area contributed by atoms with E-state index in [0.29, 0.717) is 6.10 Å². The second-order valence-electron chi connectivity index (χ2n) is 4.72. The summed E-state index contributed by atoms with van der Waals surface area (Å²) in [6.45, 7) is 1.84. The summed E-state index contributed by atoms with van der Waals surface area (Å²) in [7, 11) is 1.95. The summed E-state index contributed by atoms with van der Waals surface area (Å²) in [5.41, 5.74) is 1.76. The van der Waals surface area contributed by atoms with Gasteiger partial charge in [-0.15, -0.1) is 0 Å². The van der Waals surface area contributed by atoms with E-state index in [-0.39, 0.29) is 5.43 Å². The lowest BCUT2D eigenvalue weighted by atomic mass is 10.1. The maximum absolute atomic E-state index is 12.1. The zero-order valence-corrected chi connectivity index (χ0v) is 10.1. The molecule has 3 heteroatoms. The van der Waals surface area contributed by atoms with Crippen LogP contribution in [0.3, 0.4) is 0 Å². The molecule has 0 amide bonds. The lowest BCUT2D eigenvalue weighted by Gasteiger charge is -2.12. The molecule has 0 spiro atoms. The first-order chi connectivity index (χ1) is 8.16. The number of pyridine rings is 1. The summed E-state index contributed by atoms with van der Waals surface area (Å²) in [5.74, 6) is 0.824. The van der Waals surface area contributed by atoms with Gasteiger partial charge in [-0.2, -0.15) is 0 Å². The van der Waals surface area contributed by atoms with Gasteiger partial charge in [-0.3, -0.25) is 4.79 Å². The predicted molar refractivity (Wildman–Crippen MR) is 67.6 cm³/mol. The Bertz CT molecular complexity index is 638. The average Bonchev–Trinajstić information content (AvgIpc) is 3.10. The summed E-state index contributed by atoms with van der Waals surface area (Å²) in [6.07, 6.45) is 4.45. The van der Waals surface area contributed by atoms with Crippen molar-refractivity contribution in [3.8, 4) is 5.75 Å². The van der Waals surface area contributed by atoms with Gasteiger partial charge >= 0.3 is 0 Å². The van der Waals surface area contributed by atoms with Crippen molar-refractivity contribution in [2.45, 2.75) is 25.9 Å². The third kappa shape index (κ3) is 1.71. The second kappa shape index (κ2) is 3.62. The van der Waals surface area contributed by atoms with E-state index in [0.717, 1.165) is 35.1 Å². The van der Waals surface area contributed by atoms with Crippen molar-refractivity contribution in [3.05, 3.63) is 40.2 Å². The summed E-state index contributed by atoms with van der Waals surface area (Å²) < 4.78 is 7.83. The van der Waals surface area contributed by atoms with Crippen molar-refractivity contribution in [1.82, 2.24) is 4.57 Å². The molecule has 1 aliphatic rings. The number of ether oxygens (including phenoxy) is 1. The Morgan fingerprint density at radius 3 is 2.82 bits per heavy atom. The number of aryl methyl sites for hydroxylation is 2. The van der Waals surface area contributed by atoms with Gasteiger partial charge in [0, 0.05) is 24.2 Å². The molecule has 0 aliphatic heterocycles. The Morgan fingerprint density at radius 2 is 2.12 bits per heavy atom. The van der Waals surface area contributed by atoms with Gasteiger partial charge in [-0.25, -0.2) is 0 Å². The van der Waals surface area contributed by atoms with Crippen LogP contribution in [0.2, 0.25) is 0 Å². The minimum Gasteiger partial charge on any atom is -0.488 e. The third-order valence-electron chi connectivity index (χ3n) is 3.16. The van der Waals surface area contributed by atoms with Crippen molar-refractivity contribution in [2.24, 2.45) is 7.05 Å². The van der Waals surface area contributed by atoms with Gasteiger partial charge in [0.2, 0.25) is 0 Å². The van der Waals surface area contributed by atoms with E-state index in [2.05, 4.69) is 0 Å². The molecule has 1 aromatic carbocycles. The van der Waals surface area contributed by atoms with E-state index >= 15 is 0 Å². The molecule has 0 N–H and O–H groups in total. The topological polar surface area (TPSA) is 31.2 Å². The van der Waals surface area contributed by atoms with Crippen LogP contribution in [-0.2, 0) is 7.05 Å². The number of hydrogen-bond acceptors (Lipinski definition) is 2. The van der Waals surface area contributed by atoms with Crippen molar-refractivity contribution in [3.63, 3.8) is 0 Å². The molecular weight excluding hydrogens is 214 g/mol. The molecular formula is C14H15NO2. The zero-order valence-electron chi connectivity index (χ0n) is 10.1. The molecule has 1 fully saturated rings. The Hall–Kier alpha value is -1.77. The lowest BCUT2D eigenvalue weighted by molar-refractivity contribution is 0.305. The predicted octanol–water partition coefficient (Wildman–Crippen LogP) is 2.39. The Kier molecular flexibility index (Phi) is 2.21. The third-order valence-corrected chi connectivity index (χ3v) is 3.16. The van der Waals surface area contributed by atoms with Gasteiger partial charge in [0.1, 0.15) is 5.75 Å². The van der Waals surface area contributed by atoms with Gasteiger partial charge in [0.15, 0.2) is 5.43 Å². The second-order valence-corrected chi connectivity index (χ2v) is 4.72. The molecule has 3 rings (SSSR count). The van der Waals surface area contributed by atoms with E-state index in [4.69, 9.17) is 4.74 Å². The number of aromatic nitrogens is 1. The van der Waals surface area contributed by atoms with Crippen LogP contribution in [0.25, 0.3) is 10.9 Å². The SMILES string of the molecule is Cc1cn(C)c2c(OC3CC3)cccc2c1=O. The van der Waals surface area contributed by atoms with Crippen LogP contribution in [0, 0.1) is 6.92 Å². The van der Waals surface area contributed by atoms with Crippen molar-refractivity contribution < 1.29 is 4.74 Å². The van der Waals surface area contributed by atoms with Crippen LogP contribution in [0.15, 0.2) is 29.2 Å². The molecule has 0 atom stereocenters. The molecule has 0 radical (unpaired) electrons. The fraction of sp³-hybridized carbons (Fsp3) is 0.357. The molecule has 88 valence electrons. The number of fused-ring (bicyclic) bond motifs is 1. The quantitative estimate of drug-likeness (QED) is 0.791. The first-order valence-electron chi connectivity index (χ1n) is 5.92. The monoisotopic (exact) mass is 229 g/mol. The maximum Gasteiger partial charge on any atom is 0.192 e. The minimum absolute atomic E-state index is 0.0966. The van der Waals surface area contributed by atoms with Gasteiger partial charge in [0.25, 0.3) is 0 Å². The van der Waals surface area contributed by atoms with E-state index in [9.17, 15) is 4.79 Å². The highest BCUT2D eigenvalue weighted by atomic mass is 16.5. The van der Waals surface area contributed by atoms with E-state index < -0.39 is 0 Å². The van der Waals surface area contributed by atoms with Gasteiger partial charge in [-0.05, 0) is 31.9 Å². The Labute approximate surface area is 99.6 Å². The van der Waals surface area contributed by atoms with Crippen molar-refractivity contribution in [2.75, 3.05) is 0 Å². The molecule has 1 heterocycles. The minimum atomic E-state index is 0.0966. The molecule has 1 aliphatic carbocycles. The number of nitrogens with zero attached hydrogens (tertiary/aromatic N) is 1. The molecule has 1 aromatic heterocycles. The maximum atomic E-state index is 12.1.